The molecule has 0 fully saturated rings. The van der Waals surface area contributed by atoms with Crippen LogP contribution in [0.2, 0.25) is 5.02 Å². The maximum atomic E-state index is 12.6. The number of benzene rings is 1. The van der Waals surface area contributed by atoms with Crippen LogP contribution in [-0.2, 0) is 10.2 Å². The predicted molar refractivity (Wildman–Crippen MR) is 92.2 cm³/mol. The lowest BCUT2D eigenvalue weighted by atomic mass is 9.75. The van der Waals surface area contributed by atoms with Gasteiger partial charge in [0.05, 0.1) is 5.41 Å². The molecular weight excluding hydrogens is 307 g/mol. The van der Waals surface area contributed by atoms with Gasteiger partial charge in [-0.2, -0.15) is 0 Å². The first kappa shape index (κ1) is 20.2. The first-order chi connectivity index (χ1) is 9.50. The molecule has 5 heteroatoms. The fraction of sp³-hybridized carbons (Fsp3) is 0.562. The fourth-order valence-electron chi connectivity index (χ4n) is 2.40. The van der Waals surface area contributed by atoms with Gasteiger partial charge in [-0.1, -0.05) is 44.5 Å². The molecule has 3 N–H and O–H groups in total. The Morgan fingerprint density at radius 1 is 1.29 bits per heavy atom. The van der Waals surface area contributed by atoms with E-state index < -0.39 is 5.41 Å². The van der Waals surface area contributed by atoms with Gasteiger partial charge in [-0.15, -0.1) is 12.4 Å². The minimum absolute atomic E-state index is 0. The summed E-state index contributed by atoms with van der Waals surface area (Å²) in [6.45, 7) is 7.31. The number of nitrogens with two attached hydrogens (primary N) is 1. The topological polar surface area (TPSA) is 55.1 Å². The Labute approximate surface area is 139 Å². The van der Waals surface area contributed by atoms with Crippen LogP contribution in [0.3, 0.4) is 0 Å². The van der Waals surface area contributed by atoms with Gasteiger partial charge >= 0.3 is 0 Å². The lowest BCUT2D eigenvalue weighted by Gasteiger charge is -2.31. The van der Waals surface area contributed by atoms with Crippen molar-refractivity contribution in [2.75, 3.05) is 13.1 Å². The van der Waals surface area contributed by atoms with E-state index in [4.69, 9.17) is 17.3 Å². The van der Waals surface area contributed by atoms with Crippen LogP contribution in [-0.4, -0.2) is 19.0 Å². The van der Waals surface area contributed by atoms with Crippen LogP contribution in [0.4, 0.5) is 0 Å². The van der Waals surface area contributed by atoms with Crippen LogP contribution in [0.1, 0.15) is 39.2 Å². The van der Waals surface area contributed by atoms with Crippen LogP contribution < -0.4 is 11.1 Å². The Morgan fingerprint density at radius 2 is 1.81 bits per heavy atom. The zero-order valence-electron chi connectivity index (χ0n) is 13.0. The minimum atomic E-state index is -0.487. The van der Waals surface area contributed by atoms with E-state index >= 15 is 0 Å². The Balaban J connectivity index is 0.00000400. The number of rotatable bonds is 7. The third kappa shape index (κ3) is 4.87. The highest BCUT2D eigenvalue weighted by Crippen LogP contribution is 2.32. The Bertz CT molecular complexity index is 430. The van der Waals surface area contributed by atoms with Crippen molar-refractivity contribution in [3.63, 3.8) is 0 Å². The van der Waals surface area contributed by atoms with Gasteiger partial charge in [-0.05, 0) is 43.0 Å². The Morgan fingerprint density at radius 3 is 2.24 bits per heavy atom. The fourth-order valence-corrected chi connectivity index (χ4v) is 2.52. The van der Waals surface area contributed by atoms with Crippen LogP contribution in [0.5, 0.6) is 0 Å². The molecule has 1 amide bonds. The molecule has 1 atom stereocenters. The molecule has 0 aliphatic heterocycles. The molecule has 1 unspecified atom stereocenters. The number of carbonyl (C=O) groups is 1. The molecule has 21 heavy (non-hydrogen) atoms. The lowest BCUT2D eigenvalue weighted by molar-refractivity contribution is -0.127. The van der Waals surface area contributed by atoms with E-state index in [1.165, 1.54) is 0 Å². The average Bonchev–Trinajstić information content (AvgIpc) is 2.48. The maximum Gasteiger partial charge on any atom is 0.230 e. The summed E-state index contributed by atoms with van der Waals surface area (Å²) in [4.78, 5) is 12.6. The minimum Gasteiger partial charge on any atom is -0.355 e. The molecule has 0 aromatic heterocycles. The monoisotopic (exact) mass is 332 g/mol. The summed E-state index contributed by atoms with van der Waals surface area (Å²) >= 11 is 5.93. The van der Waals surface area contributed by atoms with Crippen molar-refractivity contribution in [1.29, 1.82) is 0 Å². The number of hydrogen-bond donors (Lipinski definition) is 2. The average molecular weight is 333 g/mol. The first-order valence-corrected chi connectivity index (χ1v) is 7.62. The third-order valence-electron chi connectivity index (χ3n) is 4.05. The molecule has 0 radical (unpaired) electrons. The summed E-state index contributed by atoms with van der Waals surface area (Å²) in [7, 11) is 0. The first-order valence-electron chi connectivity index (χ1n) is 7.24. The van der Waals surface area contributed by atoms with E-state index in [0.717, 1.165) is 18.4 Å². The molecule has 1 aromatic carbocycles. The van der Waals surface area contributed by atoms with Crippen molar-refractivity contribution < 1.29 is 4.79 Å². The molecule has 0 spiro atoms. The molecular formula is C16H26Cl2N2O. The second-order valence-electron chi connectivity index (χ2n) is 5.35. The van der Waals surface area contributed by atoms with E-state index in [1.807, 2.05) is 45.0 Å². The van der Waals surface area contributed by atoms with Gasteiger partial charge in [0.25, 0.3) is 0 Å². The number of nitrogens with one attached hydrogen (secondary N) is 1. The van der Waals surface area contributed by atoms with Crippen molar-refractivity contribution in [2.24, 2.45) is 11.7 Å². The van der Waals surface area contributed by atoms with Gasteiger partial charge in [0.1, 0.15) is 0 Å². The summed E-state index contributed by atoms with van der Waals surface area (Å²) in [6, 6.07) is 7.57. The van der Waals surface area contributed by atoms with Crippen LogP contribution >= 0.6 is 24.0 Å². The largest absolute Gasteiger partial charge is 0.355 e. The standard InChI is InChI=1S/C16H25ClN2O.ClH/c1-4-16(5-2,13-6-8-14(17)9-7-13)15(20)19-11-12(3)10-18;/h6-9,12H,4-5,10-11,18H2,1-3H3,(H,19,20);1H. The summed E-state index contributed by atoms with van der Waals surface area (Å²) in [5, 5.41) is 3.72. The summed E-state index contributed by atoms with van der Waals surface area (Å²) in [5.41, 5.74) is 6.13. The molecule has 0 heterocycles. The number of carbonyl (C=O) groups excluding carboxylic acids is 1. The molecule has 0 aliphatic carbocycles. The van der Waals surface area contributed by atoms with E-state index in [9.17, 15) is 4.79 Å². The van der Waals surface area contributed by atoms with Gasteiger partial charge in [-0.25, -0.2) is 0 Å². The molecule has 0 saturated carbocycles. The Hall–Kier alpha value is -0.770. The zero-order valence-corrected chi connectivity index (χ0v) is 14.6. The SMILES string of the molecule is CCC(CC)(C(=O)NCC(C)CN)c1ccc(Cl)cc1.Cl. The van der Waals surface area contributed by atoms with Crippen molar-refractivity contribution in [2.45, 2.75) is 39.0 Å². The second-order valence-corrected chi connectivity index (χ2v) is 5.78. The van der Waals surface area contributed by atoms with E-state index in [1.54, 1.807) is 0 Å². The summed E-state index contributed by atoms with van der Waals surface area (Å²) in [5.74, 6) is 0.362. The lowest BCUT2D eigenvalue weighted by Crippen LogP contribution is -2.45. The van der Waals surface area contributed by atoms with Gasteiger partial charge in [0, 0.05) is 11.6 Å². The second kappa shape index (κ2) is 9.29. The van der Waals surface area contributed by atoms with Crippen LogP contribution in [0, 0.1) is 5.92 Å². The van der Waals surface area contributed by atoms with Crippen LogP contribution in [0.25, 0.3) is 0 Å². The van der Waals surface area contributed by atoms with Crippen molar-refractivity contribution in [1.82, 2.24) is 5.32 Å². The van der Waals surface area contributed by atoms with E-state index in [0.29, 0.717) is 18.1 Å². The predicted octanol–water partition coefficient (Wildman–Crippen LogP) is 3.53. The van der Waals surface area contributed by atoms with Gasteiger partial charge < -0.3 is 11.1 Å². The number of amides is 1. The smallest absolute Gasteiger partial charge is 0.230 e. The molecule has 1 aromatic rings. The molecule has 120 valence electrons. The van der Waals surface area contributed by atoms with E-state index in [-0.39, 0.29) is 24.2 Å². The summed E-state index contributed by atoms with van der Waals surface area (Å²) < 4.78 is 0. The third-order valence-corrected chi connectivity index (χ3v) is 4.30. The Kier molecular flexibility index (Phi) is 8.95. The van der Waals surface area contributed by atoms with Gasteiger partial charge in [0.15, 0.2) is 0 Å². The van der Waals surface area contributed by atoms with Gasteiger partial charge in [0.2, 0.25) is 5.91 Å². The zero-order chi connectivity index (χ0) is 15.2. The molecule has 3 nitrogen and oxygen atoms in total. The van der Waals surface area contributed by atoms with E-state index in [2.05, 4.69) is 5.32 Å². The molecule has 0 aliphatic rings. The highest BCUT2D eigenvalue weighted by Gasteiger charge is 2.36. The van der Waals surface area contributed by atoms with Gasteiger partial charge in [-0.3, -0.25) is 4.79 Å². The molecule has 0 bridgehead atoms. The van der Waals surface area contributed by atoms with Crippen molar-refractivity contribution in [3.8, 4) is 0 Å². The van der Waals surface area contributed by atoms with Crippen molar-refractivity contribution >= 4 is 29.9 Å². The van der Waals surface area contributed by atoms with Crippen molar-refractivity contribution in [3.05, 3.63) is 34.9 Å². The molecule has 0 saturated heterocycles. The van der Waals surface area contributed by atoms with Crippen LogP contribution in [0.15, 0.2) is 24.3 Å². The normalized spacial score (nSPS) is 12.4. The highest BCUT2D eigenvalue weighted by atomic mass is 35.5. The summed E-state index contributed by atoms with van der Waals surface area (Å²) in [6.07, 6.45) is 1.52. The number of hydrogen-bond acceptors (Lipinski definition) is 2. The maximum absolute atomic E-state index is 12.6. The highest BCUT2D eigenvalue weighted by molar-refractivity contribution is 6.30. The molecule has 1 rings (SSSR count). The quantitative estimate of drug-likeness (QED) is 0.802. The number of halogens is 2.